The van der Waals surface area contributed by atoms with Gasteiger partial charge in [0.05, 0.1) is 5.56 Å². The summed E-state index contributed by atoms with van der Waals surface area (Å²) in [5.74, 6) is -0.308. The highest BCUT2D eigenvalue weighted by molar-refractivity contribution is 7.08. The van der Waals surface area contributed by atoms with Gasteiger partial charge in [0.25, 0.3) is 0 Å². The van der Waals surface area contributed by atoms with Crippen molar-refractivity contribution in [2.24, 2.45) is 0 Å². The summed E-state index contributed by atoms with van der Waals surface area (Å²) >= 11 is 1.37. The summed E-state index contributed by atoms with van der Waals surface area (Å²) in [6.45, 7) is 0. The van der Waals surface area contributed by atoms with Crippen molar-refractivity contribution in [3.8, 4) is 17.3 Å². The van der Waals surface area contributed by atoms with Gasteiger partial charge in [-0.05, 0) is 9.91 Å². The quantitative estimate of drug-likeness (QED) is 0.583. The van der Waals surface area contributed by atoms with Gasteiger partial charge >= 0.3 is 5.82 Å². The lowest BCUT2D eigenvalue weighted by molar-refractivity contribution is -0.389. The van der Waals surface area contributed by atoms with E-state index in [9.17, 15) is 10.1 Å². The third-order valence-corrected chi connectivity index (χ3v) is 2.63. The zero-order valence-corrected chi connectivity index (χ0v) is 8.64. The second kappa shape index (κ2) is 4.04. The summed E-state index contributed by atoms with van der Waals surface area (Å²) < 4.78 is 0. The molecule has 2 aromatic heterocycles. The molecule has 78 valence electrons. The van der Waals surface area contributed by atoms with E-state index >= 15 is 0 Å². The van der Waals surface area contributed by atoms with Crippen molar-refractivity contribution in [3.05, 3.63) is 38.8 Å². The Balaban J connectivity index is 2.43. The molecule has 7 heteroatoms. The van der Waals surface area contributed by atoms with Gasteiger partial charge in [0.2, 0.25) is 0 Å². The zero-order chi connectivity index (χ0) is 11.5. The number of nitro groups is 1. The Hall–Kier alpha value is -2.33. The van der Waals surface area contributed by atoms with E-state index in [1.54, 1.807) is 10.8 Å². The monoisotopic (exact) mass is 232 g/mol. The molecule has 0 amide bonds. The third kappa shape index (κ3) is 1.74. The number of aromatic nitrogens is 2. The van der Waals surface area contributed by atoms with E-state index in [1.807, 2.05) is 6.07 Å². The zero-order valence-electron chi connectivity index (χ0n) is 7.82. The molecule has 0 radical (unpaired) electrons. The summed E-state index contributed by atoms with van der Waals surface area (Å²) in [6.07, 6.45) is 2.37. The maximum atomic E-state index is 10.4. The number of rotatable bonds is 2. The summed E-state index contributed by atoms with van der Waals surface area (Å²) in [5, 5.41) is 22.6. The second-order valence-electron chi connectivity index (χ2n) is 2.83. The van der Waals surface area contributed by atoms with E-state index in [2.05, 4.69) is 9.97 Å². The fourth-order valence-corrected chi connectivity index (χ4v) is 1.90. The van der Waals surface area contributed by atoms with E-state index in [-0.39, 0.29) is 5.82 Å². The van der Waals surface area contributed by atoms with Crippen LogP contribution in [-0.2, 0) is 0 Å². The molecular formula is C9H4N4O2S. The van der Waals surface area contributed by atoms with E-state index < -0.39 is 4.92 Å². The number of nitriles is 1. The smallest absolute Gasteiger partial charge is 0.358 e. The molecule has 6 nitrogen and oxygen atoms in total. The Morgan fingerprint density at radius 3 is 2.75 bits per heavy atom. The van der Waals surface area contributed by atoms with Crippen LogP contribution in [0, 0.1) is 21.4 Å². The first-order chi connectivity index (χ1) is 7.72. The number of hydrogen-bond donors (Lipinski definition) is 0. The van der Waals surface area contributed by atoms with Gasteiger partial charge in [0.15, 0.2) is 6.20 Å². The Bertz CT molecular complexity index is 570. The lowest BCUT2D eigenvalue weighted by atomic mass is 10.1. The van der Waals surface area contributed by atoms with Crippen LogP contribution in [-0.4, -0.2) is 14.9 Å². The number of nitrogens with zero attached hydrogens (tertiary/aromatic N) is 4. The van der Waals surface area contributed by atoms with Crippen LogP contribution in [0.4, 0.5) is 5.82 Å². The third-order valence-electron chi connectivity index (χ3n) is 1.88. The lowest BCUT2D eigenvalue weighted by Gasteiger charge is -1.95. The minimum atomic E-state index is -0.615. The van der Waals surface area contributed by atoms with Gasteiger partial charge in [-0.25, -0.2) is 4.98 Å². The van der Waals surface area contributed by atoms with Crippen LogP contribution >= 0.6 is 11.3 Å². The van der Waals surface area contributed by atoms with Crippen molar-refractivity contribution in [1.82, 2.24) is 9.97 Å². The molecule has 2 heterocycles. The van der Waals surface area contributed by atoms with Gasteiger partial charge in [-0.1, -0.05) is 0 Å². The second-order valence-corrected chi connectivity index (χ2v) is 3.57. The summed E-state index contributed by atoms with van der Waals surface area (Å²) in [4.78, 5) is 17.3. The van der Waals surface area contributed by atoms with Crippen LogP contribution in [0.1, 0.15) is 5.56 Å². The van der Waals surface area contributed by atoms with Gasteiger partial charge in [0, 0.05) is 16.3 Å². The van der Waals surface area contributed by atoms with Crippen LogP contribution in [0.15, 0.2) is 23.2 Å². The maximum Gasteiger partial charge on any atom is 0.382 e. The summed E-state index contributed by atoms with van der Waals surface area (Å²) in [5.41, 5.74) is 1.60. The Morgan fingerprint density at radius 1 is 1.38 bits per heavy atom. The molecule has 0 spiro atoms. The van der Waals surface area contributed by atoms with Crippen molar-refractivity contribution < 1.29 is 4.92 Å². The highest BCUT2D eigenvalue weighted by Gasteiger charge is 2.12. The van der Waals surface area contributed by atoms with Gasteiger partial charge in [-0.2, -0.15) is 16.6 Å². The van der Waals surface area contributed by atoms with E-state index in [1.165, 1.54) is 17.5 Å². The van der Waals surface area contributed by atoms with Crippen LogP contribution in [0.5, 0.6) is 0 Å². The van der Waals surface area contributed by atoms with Crippen molar-refractivity contribution in [3.63, 3.8) is 0 Å². The average molecular weight is 232 g/mol. The van der Waals surface area contributed by atoms with E-state index in [4.69, 9.17) is 5.26 Å². The first-order valence-electron chi connectivity index (χ1n) is 4.15. The molecule has 2 rings (SSSR count). The molecular weight excluding hydrogens is 228 g/mol. The topological polar surface area (TPSA) is 92.7 Å². The highest BCUT2D eigenvalue weighted by atomic mass is 32.1. The highest BCUT2D eigenvalue weighted by Crippen LogP contribution is 2.25. The van der Waals surface area contributed by atoms with Crippen molar-refractivity contribution in [2.75, 3.05) is 0 Å². The molecule has 0 saturated carbocycles. The standard InChI is InChI=1S/C9H4N4O2S/c10-1-6-4-16-5-7(6)8-2-12-9(3-11-8)13(14)15/h2-5H. The van der Waals surface area contributed by atoms with E-state index in [0.717, 1.165) is 6.20 Å². The molecule has 0 aliphatic carbocycles. The van der Waals surface area contributed by atoms with Crippen molar-refractivity contribution in [1.29, 1.82) is 5.26 Å². The molecule has 0 N–H and O–H groups in total. The molecule has 0 unspecified atom stereocenters. The fraction of sp³-hybridized carbons (Fsp3) is 0. The SMILES string of the molecule is N#Cc1cscc1-c1cnc([N+](=O)[O-])cn1. The van der Waals surface area contributed by atoms with Crippen LogP contribution in [0.3, 0.4) is 0 Å². The minimum Gasteiger partial charge on any atom is -0.358 e. The van der Waals surface area contributed by atoms with Gasteiger partial charge in [-0.3, -0.25) is 0 Å². The molecule has 0 fully saturated rings. The lowest BCUT2D eigenvalue weighted by Crippen LogP contribution is -1.94. The van der Waals surface area contributed by atoms with Crippen molar-refractivity contribution >= 4 is 17.2 Å². The van der Waals surface area contributed by atoms with E-state index in [0.29, 0.717) is 16.8 Å². The molecule has 0 bridgehead atoms. The van der Waals surface area contributed by atoms with Crippen LogP contribution < -0.4 is 0 Å². The summed E-state index contributed by atoms with van der Waals surface area (Å²) in [7, 11) is 0. The molecule has 0 atom stereocenters. The van der Waals surface area contributed by atoms with Crippen LogP contribution in [0.25, 0.3) is 11.3 Å². The summed E-state index contributed by atoms with van der Waals surface area (Å²) in [6, 6.07) is 2.02. The van der Waals surface area contributed by atoms with Gasteiger partial charge < -0.3 is 10.1 Å². The predicted molar refractivity (Wildman–Crippen MR) is 56.7 cm³/mol. The molecule has 2 aromatic rings. The maximum absolute atomic E-state index is 10.4. The minimum absolute atomic E-state index is 0.308. The normalized spacial score (nSPS) is 9.69. The predicted octanol–water partition coefficient (Wildman–Crippen LogP) is 1.98. The molecule has 16 heavy (non-hydrogen) atoms. The number of hydrogen-bond acceptors (Lipinski definition) is 6. The molecule has 0 aliphatic rings. The molecule has 0 aromatic carbocycles. The molecule has 0 saturated heterocycles. The first kappa shape index (κ1) is 10.2. The largest absolute Gasteiger partial charge is 0.382 e. The average Bonchev–Trinajstić information content (AvgIpc) is 2.77. The van der Waals surface area contributed by atoms with Gasteiger partial charge in [0.1, 0.15) is 18.0 Å². The van der Waals surface area contributed by atoms with Crippen molar-refractivity contribution in [2.45, 2.75) is 0 Å². The van der Waals surface area contributed by atoms with Gasteiger partial charge in [-0.15, -0.1) is 0 Å². The number of thiophene rings is 1. The van der Waals surface area contributed by atoms with Crippen LogP contribution in [0.2, 0.25) is 0 Å². The first-order valence-corrected chi connectivity index (χ1v) is 5.09. The fourth-order valence-electron chi connectivity index (χ4n) is 1.14. The Kier molecular flexibility index (Phi) is 2.57. The Morgan fingerprint density at radius 2 is 2.19 bits per heavy atom. The Labute approximate surface area is 94.0 Å². The molecule has 0 aliphatic heterocycles.